The first-order valence-corrected chi connectivity index (χ1v) is 8.27. The van der Waals surface area contributed by atoms with Gasteiger partial charge in [0.05, 0.1) is 17.9 Å². The maximum absolute atomic E-state index is 12.1. The predicted octanol–water partition coefficient (Wildman–Crippen LogP) is 3.09. The SMILES string of the molecule is CCSc1ccc(C(C)NC(=O)C2CCC2C(=O)O)cc1. The lowest BCUT2D eigenvalue weighted by Crippen LogP contribution is -2.44. The summed E-state index contributed by atoms with van der Waals surface area (Å²) in [6, 6.07) is 8.02. The van der Waals surface area contributed by atoms with Gasteiger partial charge in [-0.2, -0.15) is 0 Å². The molecule has 1 aliphatic carbocycles. The number of nitrogens with one attached hydrogen (secondary N) is 1. The molecular weight excluding hydrogens is 286 g/mol. The second kappa shape index (κ2) is 6.98. The van der Waals surface area contributed by atoms with Gasteiger partial charge in [-0.15, -0.1) is 11.8 Å². The van der Waals surface area contributed by atoms with Crippen LogP contribution < -0.4 is 5.32 Å². The van der Waals surface area contributed by atoms with Crippen LogP contribution in [0.5, 0.6) is 0 Å². The molecule has 1 saturated carbocycles. The van der Waals surface area contributed by atoms with E-state index < -0.39 is 11.9 Å². The number of hydrogen-bond donors (Lipinski definition) is 2. The highest BCUT2D eigenvalue weighted by Gasteiger charge is 2.41. The first kappa shape index (κ1) is 15.9. The summed E-state index contributed by atoms with van der Waals surface area (Å²) in [6.45, 7) is 4.03. The van der Waals surface area contributed by atoms with Gasteiger partial charge in [-0.3, -0.25) is 9.59 Å². The lowest BCUT2D eigenvalue weighted by molar-refractivity contribution is -0.152. The van der Waals surface area contributed by atoms with Gasteiger partial charge in [-0.25, -0.2) is 0 Å². The molecule has 2 rings (SSSR count). The minimum absolute atomic E-state index is 0.103. The van der Waals surface area contributed by atoms with Crippen LogP contribution in [0.15, 0.2) is 29.2 Å². The molecule has 1 fully saturated rings. The zero-order valence-electron chi connectivity index (χ0n) is 12.3. The van der Waals surface area contributed by atoms with Crippen LogP contribution in [0.3, 0.4) is 0 Å². The number of carboxylic acid groups (broad SMARTS) is 1. The number of benzene rings is 1. The Bertz CT molecular complexity index is 515. The Morgan fingerprint density at radius 1 is 1.29 bits per heavy atom. The maximum atomic E-state index is 12.1. The van der Waals surface area contributed by atoms with E-state index in [4.69, 9.17) is 5.11 Å². The zero-order valence-corrected chi connectivity index (χ0v) is 13.2. The highest BCUT2D eigenvalue weighted by molar-refractivity contribution is 7.99. The molecule has 1 aromatic rings. The van der Waals surface area contributed by atoms with Crippen molar-refractivity contribution in [1.82, 2.24) is 5.32 Å². The number of carbonyl (C=O) groups is 2. The van der Waals surface area contributed by atoms with Gasteiger partial charge in [-0.05, 0) is 43.2 Å². The number of thioether (sulfide) groups is 1. The Labute approximate surface area is 129 Å². The number of amides is 1. The summed E-state index contributed by atoms with van der Waals surface area (Å²) in [7, 11) is 0. The summed E-state index contributed by atoms with van der Waals surface area (Å²) in [4.78, 5) is 24.3. The van der Waals surface area contributed by atoms with Gasteiger partial charge in [0.25, 0.3) is 0 Å². The maximum Gasteiger partial charge on any atom is 0.307 e. The van der Waals surface area contributed by atoms with Crippen molar-refractivity contribution in [3.8, 4) is 0 Å². The monoisotopic (exact) mass is 307 g/mol. The molecule has 1 amide bonds. The summed E-state index contributed by atoms with van der Waals surface area (Å²) in [5.41, 5.74) is 1.04. The van der Waals surface area contributed by atoms with Crippen molar-refractivity contribution < 1.29 is 14.7 Å². The van der Waals surface area contributed by atoms with Crippen LogP contribution in [-0.4, -0.2) is 22.7 Å². The molecule has 0 bridgehead atoms. The van der Waals surface area contributed by atoms with Crippen molar-refractivity contribution in [2.75, 3.05) is 5.75 Å². The first-order valence-electron chi connectivity index (χ1n) is 7.29. The molecular formula is C16H21NO3S. The van der Waals surface area contributed by atoms with Crippen molar-refractivity contribution in [2.45, 2.75) is 37.6 Å². The average molecular weight is 307 g/mol. The molecule has 21 heavy (non-hydrogen) atoms. The highest BCUT2D eigenvalue weighted by atomic mass is 32.2. The number of rotatable bonds is 6. The van der Waals surface area contributed by atoms with Crippen LogP contribution >= 0.6 is 11.8 Å². The van der Waals surface area contributed by atoms with Crippen molar-refractivity contribution in [2.24, 2.45) is 11.8 Å². The van der Waals surface area contributed by atoms with Crippen molar-refractivity contribution in [3.05, 3.63) is 29.8 Å². The molecule has 4 nitrogen and oxygen atoms in total. The molecule has 5 heteroatoms. The second-order valence-corrected chi connectivity index (χ2v) is 6.70. The predicted molar refractivity (Wildman–Crippen MR) is 83.2 cm³/mol. The van der Waals surface area contributed by atoms with E-state index in [2.05, 4.69) is 24.4 Å². The smallest absolute Gasteiger partial charge is 0.307 e. The molecule has 114 valence electrons. The van der Waals surface area contributed by atoms with E-state index in [9.17, 15) is 9.59 Å². The van der Waals surface area contributed by atoms with Gasteiger partial charge in [-0.1, -0.05) is 19.1 Å². The van der Waals surface area contributed by atoms with E-state index in [1.165, 1.54) is 4.90 Å². The number of carbonyl (C=O) groups excluding carboxylic acids is 1. The molecule has 3 atom stereocenters. The summed E-state index contributed by atoms with van der Waals surface area (Å²) in [5.74, 6) is -0.868. The number of hydrogen-bond acceptors (Lipinski definition) is 3. The van der Waals surface area contributed by atoms with Crippen LogP contribution in [0.4, 0.5) is 0 Å². The van der Waals surface area contributed by atoms with Crippen molar-refractivity contribution in [3.63, 3.8) is 0 Å². The van der Waals surface area contributed by atoms with Crippen LogP contribution in [0, 0.1) is 11.8 Å². The molecule has 0 spiro atoms. The van der Waals surface area contributed by atoms with Gasteiger partial charge >= 0.3 is 5.97 Å². The molecule has 0 aromatic heterocycles. The van der Waals surface area contributed by atoms with Gasteiger partial charge in [0.2, 0.25) is 5.91 Å². The molecule has 2 N–H and O–H groups in total. The number of carboxylic acids is 1. The average Bonchev–Trinajstić information content (AvgIpc) is 2.37. The molecule has 0 heterocycles. The zero-order chi connectivity index (χ0) is 15.4. The van der Waals surface area contributed by atoms with Crippen LogP contribution in [-0.2, 0) is 9.59 Å². The van der Waals surface area contributed by atoms with Crippen LogP contribution in [0.2, 0.25) is 0 Å². The minimum atomic E-state index is -0.866. The van der Waals surface area contributed by atoms with E-state index in [1.807, 2.05) is 19.1 Å². The lowest BCUT2D eigenvalue weighted by Gasteiger charge is -2.33. The standard InChI is InChI=1S/C16H21NO3S/c1-3-21-12-6-4-11(5-7-12)10(2)17-15(18)13-8-9-14(13)16(19)20/h4-7,10,13-14H,3,8-9H2,1-2H3,(H,17,18)(H,19,20). The minimum Gasteiger partial charge on any atom is -0.481 e. The van der Waals surface area contributed by atoms with Gasteiger partial charge in [0.1, 0.15) is 0 Å². The topological polar surface area (TPSA) is 66.4 Å². The Morgan fingerprint density at radius 2 is 1.90 bits per heavy atom. The third-order valence-electron chi connectivity index (χ3n) is 3.98. The summed E-state index contributed by atoms with van der Waals surface area (Å²) >= 11 is 1.78. The molecule has 1 aromatic carbocycles. The largest absolute Gasteiger partial charge is 0.481 e. The van der Waals surface area contributed by atoms with E-state index in [0.717, 1.165) is 11.3 Å². The van der Waals surface area contributed by atoms with Gasteiger partial charge < -0.3 is 10.4 Å². The quantitative estimate of drug-likeness (QED) is 0.793. The second-order valence-electron chi connectivity index (χ2n) is 5.36. The summed E-state index contributed by atoms with van der Waals surface area (Å²) in [6.07, 6.45) is 1.27. The Kier molecular flexibility index (Phi) is 5.28. The fourth-order valence-corrected chi connectivity index (χ4v) is 3.19. The fraction of sp³-hybridized carbons (Fsp3) is 0.500. The van der Waals surface area contributed by atoms with Crippen LogP contribution in [0.1, 0.15) is 38.3 Å². The van der Waals surface area contributed by atoms with Crippen molar-refractivity contribution >= 4 is 23.6 Å². The third-order valence-corrected chi connectivity index (χ3v) is 4.87. The van der Waals surface area contributed by atoms with E-state index in [-0.39, 0.29) is 17.9 Å². The third kappa shape index (κ3) is 3.79. The molecule has 3 unspecified atom stereocenters. The van der Waals surface area contributed by atoms with E-state index in [1.54, 1.807) is 11.8 Å². The Balaban J connectivity index is 1.93. The molecule has 0 aliphatic heterocycles. The lowest BCUT2D eigenvalue weighted by atomic mass is 9.73. The Hall–Kier alpha value is -1.49. The summed E-state index contributed by atoms with van der Waals surface area (Å²) in [5, 5.41) is 11.9. The first-order chi connectivity index (χ1) is 10.0. The van der Waals surface area contributed by atoms with Crippen molar-refractivity contribution in [1.29, 1.82) is 0 Å². The van der Waals surface area contributed by atoms with Gasteiger partial charge in [0, 0.05) is 4.90 Å². The van der Waals surface area contributed by atoms with E-state index in [0.29, 0.717) is 12.8 Å². The fourth-order valence-electron chi connectivity index (χ4n) is 2.53. The molecule has 0 saturated heterocycles. The summed E-state index contributed by atoms with van der Waals surface area (Å²) < 4.78 is 0. The normalized spacial score (nSPS) is 22.2. The number of aliphatic carboxylic acids is 1. The van der Waals surface area contributed by atoms with E-state index >= 15 is 0 Å². The molecule has 1 aliphatic rings. The van der Waals surface area contributed by atoms with Crippen LogP contribution in [0.25, 0.3) is 0 Å². The highest BCUT2D eigenvalue weighted by Crippen LogP contribution is 2.35. The Morgan fingerprint density at radius 3 is 2.38 bits per heavy atom. The van der Waals surface area contributed by atoms with Gasteiger partial charge in [0.15, 0.2) is 0 Å². The molecule has 0 radical (unpaired) electrons.